The summed E-state index contributed by atoms with van der Waals surface area (Å²) in [5, 5.41) is 35.7. The van der Waals surface area contributed by atoms with Crippen LogP contribution in [0.15, 0.2) is 0 Å². The Kier molecular flexibility index (Phi) is 19.3. The van der Waals surface area contributed by atoms with E-state index in [2.05, 4.69) is 0 Å². The first-order valence-electron chi connectivity index (χ1n) is 2.91. The zero-order chi connectivity index (χ0) is 12.8. The fourth-order valence-electron chi connectivity index (χ4n) is 0.258. The summed E-state index contributed by atoms with van der Waals surface area (Å²) in [6.45, 7) is 0. The van der Waals surface area contributed by atoms with Crippen LogP contribution in [0, 0.1) is 0 Å². The number of carbonyl (C=O) groups excluding carboxylic acids is 2. The van der Waals surface area contributed by atoms with E-state index in [4.69, 9.17) is 27.7 Å². The molecule has 0 bridgehead atoms. The maximum absolute atomic E-state index is 9.63. The van der Waals surface area contributed by atoms with Crippen molar-refractivity contribution in [2.75, 3.05) is 0 Å². The molecular weight excluding hydrogens is 320 g/mol. The van der Waals surface area contributed by atoms with Gasteiger partial charge in [0.25, 0.3) is 0 Å². The maximum atomic E-state index is 9.63. The van der Waals surface area contributed by atoms with Crippen LogP contribution in [0.1, 0.15) is 0 Å². The van der Waals surface area contributed by atoms with E-state index in [1.807, 2.05) is 0 Å². The SMILES string of the molecule is O=C([O-])C(O)C(O)C(=O)[O-].O=S(=O)([O-])[O-].[Ca+2].[Ca+2]. The summed E-state index contributed by atoms with van der Waals surface area (Å²) in [6, 6.07) is 0. The molecule has 0 rings (SSSR count). The van der Waals surface area contributed by atoms with E-state index in [9.17, 15) is 19.8 Å². The summed E-state index contributed by atoms with van der Waals surface area (Å²) in [4.78, 5) is 19.3. The molecule has 17 heavy (non-hydrogen) atoms. The van der Waals surface area contributed by atoms with Crippen LogP contribution >= 0.6 is 0 Å². The molecule has 2 unspecified atom stereocenters. The third kappa shape index (κ3) is 22.9. The predicted molar refractivity (Wildman–Crippen MR) is 44.0 cm³/mol. The van der Waals surface area contributed by atoms with Crippen LogP contribution < -0.4 is 10.2 Å². The van der Waals surface area contributed by atoms with Crippen molar-refractivity contribution < 1.29 is 47.5 Å². The van der Waals surface area contributed by atoms with Gasteiger partial charge >= 0.3 is 75.5 Å². The van der Waals surface area contributed by atoms with Crippen LogP contribution in [0.2, 0.25) is 0 Å². The van der Waals surface area contributed by atoms with Crippen molar-refractivity contribution in [1.82, 2.24) is 0 Å². The smallest absolute Gasteiger partial charge is 0.759 e. The molecule has 0 aliphatic rings. The molecule has 0 fully saturated rings. The van der Waals surface area contributed by atoms with Gasteiger partial charge in [0.15, 0.2) is 0 Å². The minimum absolute atomic E-state index is 0. The number of carboxylic acid groups (broad SMARTS) is 2. The van der Waals surface area contributed by atoms with Crippen LogP contribution in [0.25, 0.3) is 0 Å². The summed E-state index contributed by atoms with van der Waals surface area (Å²) >= 11 is 0. The monoisotopic (exact) mass is 324 g/mol. The second-order valence-corrected chi connectivity index (χ2v) is 2.75. The standard InChI is InChI=1S/C4H6O6.2Ca.H2O4S/c5-1(3(7)8)2(6)4(9)10;;;1-5(2,3)4/h1-2,5-6H,(H,7,8)(H,9,10);;;(H2,1,2,3,4)/q;2*+2;/p-4. The average Bonchev–Trinajstić information content (AvgIpc) is 1.98. The van der Waals surface area contributed by atoms with Gasteiger partial charge in [-0.3, -0.25) is 8.42 Å². The van der Waals surface area contributed by atoms with Gasteiger partial charge in [-0.2, -0.15) is 0 Å². The average molecular weight is 324 g/mol. The molecule has 0 saturated heterocycles. The molecule has 2 atom stereocenters. The van der Waals surface area contributed by atoms with Crippen molar-refractivity contribution in [1.29, 1.82) is 0 Å². The Morgan fingerprint density at radius 1 is 0.882 bits per heavy atom. The fourth-order valence-corrected chi connectivity index (χ4v) is 0.258. The molecule has 0 aromatic carbocycles. The summed E-state index contributed by atoms with van der Waals surface area (Å²) < 4.78 is 34.1. The fraction of sp³-hybridized carbons (Fsp3) is 0.500. The Morgan fingerprint density at radius 3 is 1.06 bits per heavy atom. The number of aliphatic carboxylic acids is 2. The zero-order valence-corrected chi connectivity index (χ0v) is 13.4. The Hall–Kier alpha value is 1.25. The van der Waals surface area contributed by atoms with Gasteiger partial charge in [-0.25, -0.2) is 0 Å². The Morgan fingerprint density at radius 2 is 1.00 bits per heavy atom. The van der Waals surface area contributed by atoms with Gasteiger partial charge in [0.2, 0.25) is 0 Å². The van der Waals surface area contributed by atoms with E-state index in [1.54, 1.807) is 0 Å². The molecule has 0 aromatic heterocycles. The van der Waals surface area contributed by atoms with E-state index in [1.165, 1.54) is 0 Å². The minimum atomic E-state index is -5.17. The Balaban J connectivity index is -0.000000105. The summed E-state index contributed by atoms with van der Waals surface area (Å²) in [5.74, 6) is -4.12. The van der Waals surface area contributed by atoms with Gasteiger partial charge in [0, 0.05) is 10.4 Å². The third-order valence-electron chi connectivity index (χ3n) is 0.782. The van der Waals surface area contributed by atoms with Crippen molar-refractivity contribution in [2.45, 2.75) is 12.2 Å². The number of hydrogen-bond donors (Lipinski definition) is 2. The van der Waals surface area contributed by atoms with E-state index >= 15 is 0 Å². The van der Waals surface area contributed by atoms with Crippen LogP contribution in [-0.4, -0.2) is 127 Å². The number of carboxylic acids is 2. The number of hydrogen-bond acceptors (Lipinski definition) is 10. The van der Waals surface area contributed by atoms with Crippen molar-refractivity contribution >= 4 is 97.8 Å². The van der Waals surface area contributed by atoms with E-state index in [0.29, 0.717) is 0 Å². The molecule has 0 aromatic rings. The second kappa shape index (κ2) is 12.3. The molecule has 10 nitrogen and oxygen atoms in total. The normalized spacial score (nSPS) is 12.7. The summed E-state index contributed by atoms with van der Waals surface area (Å²) in [5.41, 5.74) is 0. The maximum Gasteiger partial charge on any atom is 2.00 e. The Bertz CT molecular complexity index is 299. The van der Waals surface area contributed by atoms with Crippen LogP contribution in [-0.2, 0) is 20.0 Å². The van der Waals surface area contributed by atoms with Gasteiger partial charge in [0.1, 0.15) is 12.2 Å². The van der Waals surface area contributed by atoms with E-state index in [0.717, 1.165) is 0 Å². The first kappa shape index (κ1) is 26.7. The van der Waals surface area contributed by atoms with Gasteiger partial charge in [0.05, 0.1) is 11.9 Å². The molecular formula is C4H4Ca2O10S. The van der Waals surface area contributed by atoms with Crippen LogP contribution in [0.4, 0.5) is 0 Å². The first-order valence-corrected chi connectivity index (χ1v) is 4.24. The summed E-state index contributed by atoms with van der Waals surface area (Å²) in [7, 11) is -5.17. The number of rotatable bonds is 3. The molecule has 0 heterocycles. The number of carbonyl (C=O) groups is 2. The van der Waals surface area contributed by atoms with E-state index < -0.39 is 34.5 Å². The molecule has 0 aliphatic carbocycles. The number of aliphatic hydroxyl groups is 2. The topological polar surface area (TPSA) is 201 Å². The van der Waals surface area contributed by atoms with Crippen molar-refractivity contribution in [3.8, 4) is 0 Å². The molecule has 13 heteroatoms. The van der Waals surface area contributed by atoms with Gasteiger partial charge in [-0.1, -0.05) is 0 Å². The molecule has 0 saturated carbocycles. The molecule has 90 valence electrons. The van der Waals surface area contributed by atoms with Gasteiger partial charge < -0.3 is 39.1 Å². The second-order valence-electron chi connectivity index (χ2n) is 1.94. The van der Waals surface area contributed by atoms with Crippen molar-refractivity contribution in [3.63, 3.8) is 0 Å². The minimum Gasteiger partial charge on any atom is -0.759 e. The van der Waals surface area contributed by atoms with E-state index in [-0.39, 0.29) is 75.5 Å². The Labute approximate surface area is 155 Å². The molecule has 0 spiro atoms. The molecule has 2 N–H and O–H groups in total. The molecule has 0 aliphatic heterocycles. The van der Waals surface area contributed by atoms with Gasteiger partial charge in [-0.15, -0.1) is 0 Å². The van der Waals surface area contributed by atoms with Crippen LogP contribution in [0.5, 0.6) is 0 Å². The van der Waals surface area contributed by atoms with Gasteiger partial charge in [-0.05, 0) is 0 Å². The quantitative estimate of drug-likeness (QED) is 0.285. The summed E-state index contributed by atoms with van der Waals surface area (Å²) in [6.07, 6.45) is -4.88. The van der Waals surface area contributed by atoms with Crippen molar-refractivity contribution in [3.05, 3.63) is 0 Å². The molecule has 0 amide bonds. The zero-order valence-electron chi connectivity index (χ0n) is 8.14. The van der Waals surface area contributed by atoms with Crippen LogP contribution in [0.3, 0.4) is 0 Å². The third-order valence-corrected chi connectivity index (χ3v) is 0.782. The predicted octanol–water partition coefficient (Wildman–Crippen LogP) is -6.89. The largest absolute Gasteiger partial charge is 2.00 e. The molecule has 0 radical (unpaired) electrons. The number of aliphatic hydroxyl groups excluding tert-OH is 2. The first-order chi connectivity index (χ1) is 6.46. The van der Waals surface area contributed by atoms with Crippen molar-refractivity contribution in [2.24, 2.45) is 0 Å².